The summed E-state index contributed by atoms with van der Waals surface area (Å²) in [6, 6.07) is 18.5. The number of benzene rings is 3. The van der Waals surface area contributed by atoms with Gasteiger partial charge in [0.25, 0.3) is 5.91 Å². The van der Waals surface area contributed by atoms with Gasteiger partial charge in [-0.2, -0.15) is 0 Å². The summed E-state index contributed by atoms with van der Waals surface area (Å²) < 4.78 is 0. The van der Waals surface area contributed by atoms with Crippen molar-refractivity contribution < 1.29 is 14.7 Å². The van der Waals surface area contributed by atoms with Crippen molar-refractivity contribution in [3.05, 3.63) is 77.4 Å². The van der Waals surface area contributed by atoms with E-state index in [1.54, 1.807) is 37.2 Å². The molecule has 0 radical (unpaired) electrons. The third-order valence-electron chi connectivity index (χ3n) is 5.49. The van der Waals surface area contributed by atoms with Crippen LogP contribution < -0.4 is 10.6 Å². The Morgan fingerprint density at radius 3 is 2.45 bits per heavy atom. The molecule has 3 aromatic rings. The van der Waals surface area contributed by atoms with E-state index in [0.29, 0.717) is 11.3 Å². The number of aryl methyl sites for hydroxylation is 1. The summed E-state index contributed by atoms with van der Waals surface area (Å²) in [5, 5.41) is 17.5. The van der Waals surface area contributed by atoms with Crippen molar-refractivity contribution in [1.29, 1.82) is 0 Å². The first kappa shape index (κ1) is 22.5. The highest BCUT2D eigenvalue weighted by Gasteiger charge is 2.21. The molecule has 3 rings (SSSR count). The normalized spacial score (nSPS) is 13.1. The Morgan fingerprint density at radius 1 is 1.03 bits per heavy atom. The molecule has 31 heavy (non-hydrogen) atoms. The average Bonchev–Trinajstić information content (AvgIpc) is 2.74. The molecular formula is C25H29N3O3. The van der Waals surface area contributed by atoms with Crippen molar-refractivity contribution in [2.24, 2.45) is 0 Å². The van der Waals surface area contributed by atoms with E-state index in [4.69, 9.17) is 0 Å². The minimum Gasteiger partial charge on any atom is -0.394 e. The van der Waals surface area contributed by atoms with E-state index in [2.05, 4.69) is 28.8 Å². The summed E-state index contributed by atoms with van der Waals surface area (Å²) in [7, 11) is 3.45. The fourth-order valence-electron chi connectivity index (χ4n) is 3.63. The standard InChI is InChI=1S/C25H29N3O3/c1-16-12-13-19(27-25(31)23(15-29)28(3)4)14-22(16)24(30)26-17(2)20-11-7-9-18-8-5-6-10-21(18)20/h5-14,17,23,29H,15H2,1-4H3,(H,26,30)(H,27,31)/t17-,23+/m1/s1. The lowest BCUT2D eigenvalue weighted by Gasteiger charge is -2.21. The van der Waals surface area contributed by atoms with E-state index < -0.39 is 6.04 Å². The molecule has 0 aliphatic rings. The van der Waals surface area contributed by atoms with Crippen LogP contribution in [0.25, 0.3) is 10.8 Å². The van der Waals surface area contributed by atoms with Gasteiger partial charge >= 0.3 is 0 Å². The Kier molecular flexibility index (Phi) is 7.05. The Balaban J connectivity index is 1.80. The minimum absolute atomic E-state index is 0.191. The van der Waals surface area contributed by atoms with Gasteiger partial charge in [-0.15, -0.1) is 0 Å². The van der Waals surface area contributed by atoms with Crippen LogP contribution in [0, 0.1) is 6.92 Å². The number of hydrogen-bond donors (Lipinski definition) is 3. The molecule has 0 saturated carbocycles. The van der Waals surface area contributed by atoms with E-state index in [0.717, 1.165) is 21.9 Å². The number of likely N-dealkylation sites (N-methyl/N-ethyl adjacent to an activating group) is 1. The topological polar surface area (TPSA) is 81.7 Å². The Morgan fingerprint density at radius 2 is 1.74 bits per heavy atom. The predicted molar refractivity (Wildman–Crippen MR) is 124 cm³/mol. The lowest BCUT2D eigenvalue weighted by Crippen LogP contribution is -2.42. The van der Waals surface area contributed by atoms with Crippen molar-refractivity contribution in [2.45, 2.75) is 25.9 Å². The van der Waals surface area contributed by atoms with E-state index in [1.807, 2.05) is 38.1 Å². The highest BCUT2D eigenvalue weighted by atomic mass is 16.3. The molecule has 3 aromatic carbocycles. The summed E-state index contributed by atoms with van der Waals surface area (Å²) in [5.74, 6) is -0.535. The number of aliphatic hydroxyl groups excluding tert-OH is 1. The van der Waals surface area contributed by atoms with Crippen LogP contribution in [0.15, 0.2) is 60.7 Å². The monoisotopic (exact) mass is 419 g/mol. The molecule has 3 N–H and O–H groups in total. The second-order valence-corrected chi connectivity index (χ2v) is 7.94. The van der Waals surface area contributed by atoms with E-state index >= 15 is 0 Å². The van der Waals surface area contributed by atoms with Gasteiger partial charge in [0, 0.05) is 11.3 Å². The van der Waals surface area contributed by atoms with Gasteiger partial charge in [-0.25, -0.2) is 0 Å². The van der Waals surface area contributed by atoms with Crippen LogP contribution >= 0.6 is 0 Å². The molecule has 2 atom stereocenters. The Bertz CT molecular complexity index is 1090. The van der Waals surface area contributed by atoms with Gasteiger partial charge in [0.2, 0.25) is 5.91 Å². The van der Waals surface area contributed by atoms with Crippen molar-refractivity contribution in [1.82, 2.24) is 10.2 Å². The molecule has 6 heteroatoms. The smallest absolute Gasteiger partial charge is 0.252 e. The quantitative estimate of drug-likeness (QED) is 0.548. The zero-order valence-corrected chi connectivity index (χ0v) is 18.3. The van der Waals surface area contributed by atoms with Gasteiger partial charge in [-0.1, -0.05) is 48.5 Å². The lowest BCUT2D eigenvalue weighted by atomic mass is 9.99. The largest absolute Gasteiger partial charge is 0.394 e. The van der Waals surface area contributed by atoms with Gasteiger partial charge in [-0.05, 0) is 62.0 Å². The summed E-state index contributed by atoms with van der Waals surface area (Å²) in [4.78, 5) is 27.1. The summed E-state index contributed by atoms with van der Waals surface area (Å²) >= 11 is 0. The molecule has 2 amide bonds. The van der Waals surface area contributed by atoms with Gasteiger partial charge in [-0.3, -0.25) is 14.5 Å². The maximum atomic E-state index is 13.0. The van der Waals surface area contributed by atoms with E-state index in [9.17, 15) is 14.7 Å². The molecule has 0 heterocycles. The lowest BCUT2D eigenvalue weighted by molar-refractivity contribution is -0.121. The molecule has 0 saturated heterocycles. The number of hydrogen-bond acceptors (Lipinski definition) is 4. The van der Waals surface area contributed by atoms with Crippen LogP contribution in [0.1, 0.15) is 34.5 Å². The Hall–Kier alpha value is -3.22. The van der Waals surface area contributed by atoms with Crippen LogP contribution in [0.4, 0.5) is 5.69 Å². The van der Waals surface area contributed by atoms with Gasteiger partial charge in [0.15, 0.2) is 0 Å². The second-order valence-electron chi connectivity index (χ2n) is 7.94. The van der Waals surface area contributed by atoms with Crippen LogP contribution in [0.2, 0.25) is 0 Å². The summed E-state index contributed by atoms with van der Waals surface area (Å²) in [6.07, 6.45) is 0. The van der Waals surface area contributed by atoms with Crippen molar-refractivity contribution in [3.63, 3.8) is 0 Å². The number of aliphatic hydroxyl groups is 1. The molecule has 0 spiro atoms. The maximum absolute atomic E-state index is 13.0. The van der Waals surface area contributed by atoms with Crippen LogP contribution in [-0.4, -0.2) is 48.6 Å². The third kappa shape index (κ3) is 5.10. The number of anilines is 1. The van der Waals surface area contributed by atoms with Crippen LogP contribution in [0.5, 0.6) is 0 Å². The predicted octanol–water partition coefficient (Wildman–Crippen LogP) is 3.50. The summed E-state index contributed by atoms with van der Waals surface area (Å²) in [5.41, 5.74) is 2.87. The van der Waals surface area contributed by atoms with Crippen LogP contribution in [-0.2, 0) is 4.79 Å². The van der Waals surface area contributed by atoms with Crippen molar-refractivity contribution in [2.75, 3.05) is 26.0 Å². The molecule has 0 aliphatic carbocycles. The molecule has 0 bridgehead atoms. The maximum Gasteiger partial charge on any atom is 0.252 e. The van der Waals surface area contributed by atoms with Crippen molar-refractivity contribution in [3.8, 4) is 0 Å². The molecule has 0 unspecified atom stereocenters. The van der Waals surface area contributed by atoms with Gasteiger partial charge in [0.05, 0.1) is 12.6 Å². The average molecular weight is 420 g/mol. The molecule has 0 fully saturated rings. The fraction of sp³-hybridized carbons (Fsp3) is 0.280. The molecule has 162 valence electrons. The van der Waals surface area contributed by atoms with Gasteiger partial charge in [0.1, 0.15) is 6.04 Å². The van der Waals surface area contributed by atoms with Crippen molar-refractivity contribution >= 4 is 28.3 Å². The fourth-order valence-corrected chi connectivity index (χ4v) is 3.63. The van der Waals surface area contributed by atoms with E-state index in [-0.39, 0.29) is 24.5 Å². The van der Waals surface area contributed by atoms with Gasteiger partial charge < -0.3 is 15.7 Å². The third-order valence-corrected chi connectivity index (χ3v) is 5.49. The number of amides is 2. The first-order valence-corrected chi connectivity index (χ1v) is 10.3. The van der Waals surface area contributed by atoms with Crippen LogP contribution in [0.3, 0.4) is 0 Å². The second kappa shape index (κ2) is 9.73. The highest BCUT2D eigenvalue weighted by Crippen LogP contribution is 2.25. The molecule has 0 aliphatic heterocycles. The first-order chi connectivity index (χ1) is 14.8. The number of nitrogens with one attached hydrogen (secondary N) is 2. The number of fused-ring (bicyclic) bond motifs is 1. The van der Waals surface area contributed by atoms with E-state index in [1.165, 1.54) is 0 Å². The Labute approximate surface area is 182 Å². The number of carbonyl (C=O) groups excluding carboxylic acids is 2. The number of carbonyl (C=O) groups is 2. The number of rotatable bonds is 7. The zero-order chi connectivity index (χ0) is 22.5. The SMILES string of the molecule is Cc1ccc(NC(=O)[C@H](CO)N(C)C)cc1C(=O)N[C@H](C)c1cccc2ccccc12. The number of nitrogens with zero attached hydrogens (tertiary/aromatic N) is 1. The minimum atomic E-state index is -0.662. The molecule has 6 nitrogen and oxygen atoms in total. The summed E-state index contributed by atoms with van der Waals surface area (Å²) in [6.45, 7) is 3.53. The first-order valence-electron chi connectivity index (χ1n) is 10.3. The molecule has 0 aromatic heterocycles. The zero-order valence-electron chi connectivity index (χ0n) is 18.3. The molecular weight excluding hydrogens is 390 g/mol. The highest BCUT2D eigenvalue weighted by molar-refractivity contribution is 6.00.